The van der Waals surface area contributed by atoms with Crippen LogP contribution in [0.1, 0.15) is 17.2 Å². The smallest absolute Gasteiger partial charge is 0.379 e. The Morgan fingerprint density at radius 2 is 1.56 bits per heavy atom. The van der Waals surface area contributed by atoms with Gasteiger partial charge in [0.25, 0.3) is 0 Å². The van der Waals surface area contributed by atoms with Crippen LogP contribution in [-0.4, -0.2) is 11.3 Å². The molecule has 0 aliphatic carbocycles. The lowest BCUT2D eigenvalue weighted by molar-refractivity contribution is -0.207. The molecule has 1 unspecified atom stereocenters. The van der Waals surface area contributed by atoms with Gasteiger partial charge in [0.05, 0.1) is 5.56 Å². The molecule has 0 saturated carbocycles. The van der Waals surface area contributed by atoms with E-state index in [4.69, 9.17) is 5.11 Å². The second-order valence-electron chi connectivity index (χ2n) is 3.07. The molecule has 1 nitrogen and oxygen atoms in total. The predicted octanol–water partition coefficient (Wildman–Crippen LogP) is 3.30. The standard InChI is InChI=1S/C9H6F6O/c10-8(11,12)6-3-1-2-5(4-6)7(16)9(13,14)15/h1-4,7,16H. The molecule has 0 radical (unpaired) electrons. The van der Waals surface area contributed by atoms with Crippen molar-refractivity contribution in [3.8, 4) is 0 Å². The Labute approximate surface area is 86.3 Å². The van der Waals surface area contributed by atoms with Crippen molar-refractivity contribution in [3.63, 3.8) is 0 Å². The van der Waals surface area contributed by atoms with Crippen LogP contribution in [0.2, 0.25) is 0 Å². The van der Waals surface area contributed by atoms with E-state index in [1.165, 1.54) is 0 Å². The van der Waals surface area contributed by atoms with Crippen LogP contribution >= 0.6 is 0 Å². The average Bonchev–Trinajstić information content (AvgIpc) is 2.14. The maximum atomic E-state index is 12.2. The maximum absolute atomic E-state index is 12.2. The molecule has 1 aromatic carbocycles. The van der Waals surface area contributed by atoms with E-state index in [2.05, 4.69) is 0 Å². The third kappa shape index (κ3) is 2.88. The molecule has 16 heavy (non-hydrogen) atoms. The number of rotatable bonds is 1. The van der Waals surface area contributed by atoms with E-state index >= 15 is 0 Å². The summed E-state index contributed by atoms with van der Waals surface area (Å²) in [5.74, 6) is 0. The van der Waals surface area contributed by atoms with Crippen LogP contribution in [0.15, 0.2) is 24.3 Å². The largest absolute Gasteiger partial charge is 0.418 e. The van der Waals surface area contributed by atoms with Crippen LogP contribution in [0.3, 0.4) is 0 Å². The zero-order valence-electron chi connectivity index (χ0n) is 7.60. The van der Waals surface area contributed by atoms with Crippen molar-refractivity contribution in [2.75, 3.05) is 0 Å². The molecule has 1 atom stereocenters. The predicted molar refractivity (Wildman–Crippen MR) is 42.5 cm³/mol. The summed E-state index contributed by atoms with van der Waals surface area (Å²) in [7, 11) is 0. The van der Waals surface area contributed by atoms with Crippen LogP contribution in [-0.2, 0) is 6.18 Å². The lowest BCUT2D eigenvalue weighted by Crippen LogP contribution is -2.20. The van der Waals surface area contributed by atoms with Crippen molar-refractivity contribution in [2.24, 2.45) is 0 Å². The minimum absolute atomic E-state index is 0.276. The lowest BCUT2D eigenvalue weighted by Gasteiger charge is -2.16. The molecule has 7 heteroatoms. The normalized spacial score (nSPS) is 14.9. The minimum Gasteiger partial charge on any atom is -0.379 e. The Kier molecular flexibility index (Phi) is 3.18. The van der Waals surface area contributed by atoms with Crippen LogP contribution in [0, 0.1) is 0 Å². The fourth-order valence-electron chi connectivity index (χ4n) is 1.07. The second-order valence-corrected chi connectivity index (χ2v) is 3.07. The van der Waals surface area contributed by atoms with Crippen LogP contribution < -0.4 is 0 Å². The van der Waals surface area contributed by atoms with Gasteiger partial charge in [0.1, 0.15) is 0 Å². The van der Waals surface area contributed by atoms with E-state index in [-0.39, 0.29) is 6.07 Å². The van der Waals surface area contributed by atoms with E-state index in [1.807, 2.05) is 0 Å². The first-order valence-corrected chi connectivity index (χ1v) is 4.04. The van der Waals surface area contributed by atoms with Gasteiger partial charge in [-0.2, -0.15) is 26.3 Å². The molecule has 0 amide bonds. The fourth-order valence-corrected chi connectivity index (χ4v) is 1.07. The highest BCUT2D eigenvalue weighted by atomic mass is 19.4. The van der Waals surface area contributed by atoms with Gasteiger partial charge in [0.2, 0.25) is 0 Å². The van der Waals surface area contributed by atoms with Gasteiger partial charge in [0, 0.05) is 0 Å². The Bertz CT molecular complexity index is 367. The third-order valence-electron chi connectivity index (χ3n) is 1.84. The molecule has 0 aromatic heterocycles. The molecule has 1 aromatic rings. The van der Waals surface area contributed by atoms with Gasteiger partial charge in [-0.15, -0.1) is 0 Å². The van der Waals surface area contributed by atoms with Crippen molar-refractivity contribution in [2.45, 2.75) is 18.5 Å². The first-order valence-electron chi connectivity index (χ1n) is 4.04. The lowest BCUT2D eigenvalue weighted by atomic mass is 10.1. The highest BCUT2D eigenvalue weighted by Crippen LogP contribution is 2.35. The SMILES string of the molecule is OC(c1cccc(C(F)(F)F)c1)C(F)(F)F. The Morgan fingerprint density at radius 1 is 1.00 bits per heavy atom. The Hall–Kier alpha value is -1.24. The quantitative estimate of drug-likeness (QED) is 0.751. The van der Waals surface area contributed by atoms with Gasteiger partial charge in [-0.1, -0.05) is 12.1 Å². The number of alkyl halides is 6. The van der Waals surface area contributed by atoms with Crippen molar-refractivity contribution in [1.82, 2.24) is 0 Å². The van der Waals surface area contributed by atoms with E-state index in [9.17, 15) is 26.3 Å². The van der Waals surface area contributed by atoms with Gasteiger partial charge >= 0.3 is 12.4 Å². The van der Waals surface area contributed by atoms with Gasteiger partial charge in [0.15, 0.2) is 6.10 Å². The molecule has 90 valence electrons. The molecule has 1 N–H and O–H groups in total. The van der Waals surface area contributed by atoms with Gasteiger partial charge < -0.3 is 5.11 Å². The monoisotopic (exact) mass is 244 g/mol. The molecule has 1 rings (SSSR count). The van der Waals surface area contributed by atoms with Gasteiger partial charge in [-0.05, 0) is 17.7 Å². The zero-order valence-corrected chi connectivity index (χ0v) is 7.60. The topological polar surface area (TPSA) is 20.2 Å². The summed E-state index contributed by atoms with van der Waals surface area (Å²) < 4.78 is 72.6. The Balaban J connectivity index is 3.09. The first kappa shape index (κ1) is 12.8. The summed E-state index contributed by atoms with van der Waals surface area (Å²) >= 11 is 0. The second kappa shape index (κ2) is 3.97. The van der Waals surface area contributed by atoms with Crippen molar-refractivity contribution < 1.29 is 31.4 Å². The molecule has 0 aliphatic heterocycles. The van der Waals surface area contributed by atoms with Crippen LogP contribution in [0.25, 0.3) is 0 Å². The molecule has 0 bridgehead atoms. The van der Waals surface area contributed by atoms with Crippen molar-refractivity contribution in [3.05, 3.63) is 35.4 Å². The molecular weight excluding hydrogens is 238 g/mol. The average molecular weight is 244 g/mol. The zero-order chi connectivity index (χ0) is 12.6. The number of aliphatic hydroxyl groups is 1. The fraction of sp³-hybridized carbons (Fsp3) is 0.333. The third-order valence-corrected chi connectivity index (χ3v) is 1.84. The summed E-state index contributed by atoms with van der Waals surface area (Å²) in [5, 5.41) is 8.75. The molecular formula is C9H6F6O. The highest BCUT2D eigenvalue weighted by Gasteiger charge is 2.40. The van der Waals surface area contributed by atoms with Crippen molar-refractivity contribution >= 4 is 0 Å². The van der Waals surface area contributed by atoms with Gasteiger partial charge in [-0.3, -0.25) is 0 Å². The van der Waals surface area contributed by atoms with Crippen LogP contribution in [0.4, 0.5) is 26.3 Å². The van der Waals surface area contributed by atoms with Crippen LogP contribution in [0.5, 0.6) is 0 Å². The minimum atomic E-state index is -4.98. The summed E-state index contributed by atoms with van der Waals surface area (Å²) in [6.45, 7) is 0. The molecule has 0 heterocycles. The highest BCUT2D eigenvalue weighted by molar-refractivity contribution is 5.27. The summed E-state index contributed by atoms with van der Waals surface area (Å²) in [6.07, 6.45) is -12.6. The molecule has 0 fully saturated rings. The van der Waals surface area contributed by atoms with E-state index in [1.54, 1.807) is 0 Å². The first-order chi connectivity index (χ1) is 7.12. The number of hydrogen-bond acceptors (Lipinski definition) is 1. The maximum Gasteiger partial charge on any atom is 0.418 e. The molecule has 0 saturated heterocycles. The van der Waals surface area contributed by atoms with E-state index < -0.39 is 29.6 Å². The summed E-state index contributed by atoms with van der Waals surface area (Å²) in [5.41, 5.74) is -2.06. The number of halogens is 6. The van der Waals surface area contributed by atoms with E-state index in [0.717, 1.165) is 12.1 Å². The number of benzene rings is 1. The Morgan fingerprint density at radius 3 is 2.00 bits per heavy atom. The summed E-state index contributed by atoms with van der Waals surface area (Å²) in [4.78, 5) is 0. The summed E-state index contributed by atoms with van der Waals surface area (Å²) in [6, 6.07) is 2.51. The number of hydrogen-bond donors (Lipinski definition) is 1. The molecule has 0 aliphatic rings. The van der Waals surface area contributed by atoms with Gasteiger partial charge in [-0.25, -0.2) is 0 Å². The molecule has 0 spiro atoms. The van der Waals surface area contributed by atoms with Crippen molar-refractivity contribution in [1.29, 1.82) is 0 Å². The number of aliphatic hydroxyl groups excluding tert-OH is 1. The van der Waals surface area contributed by atoms with E-state index in [0.29, 0.717) is 6.07 Å².